The zero-order valence-corrected chi connectivity index (χ0v) is 10.8. The molecule has 0 atom stereocenters. The van der Waals surface area contributed by atoms with Crippen molar-refractivity contribution in [3.63, 3.8) is 0 Å². The number of pyridine rings is 1. The van der Waals surface area contributed by atoms with E-state index in [9.17, 15) is 0 Å². The Morgan fingerprint density at radius 3 is 2.78 bits per heavy atom. The summed E-state index contributed by atoms with van der Waals surface area (Å²) < 4.78 is 5.15. The van der Waals surface area contributed by atoms with Gasteiger partial charge in [-0.05, 0) is 25.5 Å². The van der Waals surface area contributed by atoms with Crippen molar-refractivity contribution in [2.24, 2.45) is 0 Å². The minimum absolute atomic E-state index is 0.588. The van der Waals surface area contributed by atoms with E-state index in [0.717, 1.165) is 22.6 Å². The molecular weight excluding hydrogens is 228 g/mol. The summed E-state index contributed by atoms with van der Waals surface area (Å²) in [5.74, 6) is 1.36. The lowest BCUT2D eigenvalue weighted by atomic mass is 10.2. The standard InChI is InChI=1S/C13H16N4O/c1-9-5-4-6-14-11(9)7-15-12-10(2)13(18-3)17-8-16-12/h4-6,8H,7H2,1-3H3,(H,15,16,17). The minimum atomic E-state index is 0.588. The fraction of sp³-hybridized carbons (Fsp3) is 0.308. The van der Waals surface area contributed by atoms with Crippen LogP contribution in [-0.2, 0) is 6.54 Å². The zero-order chi connectivity index (χ0) is 13.0. The van der Waals surface area contributed by atoms with E-state index in [2.05, 4.69) is 20.3 Å². The Bertz CT molecular complexity index is 542. The summed E-state index contributed by atoms with van der Waals surface area (Å²) in [6.07, 6.45) is 3.27. The number of anilines is 1. The molecule has 5 nitrogen and oxygen atoms in total. The normalized spacial score (nSPS) is 10.2. The summed E-state index contributed by atoms with van der Waals surface area (Å²) in [6.45, 7) is 4.59. The van der Waals surface area contributed by atoms with Crippen LogP contribution in [0.1, 0.15) is 16.8 Å². The van der Waals surface area contributed by atoms with Gasteiger partial charge in [0, 0.05) is 6.20 Å². The summed E-state index contributed by atoms with van der Waals surface area (Å²) in [5.41, 5.74) is 3.06. The summed E-state index contributed by atoms with van der Waals surface area (Å²) >= 11 is 0. The van der Waals surface area contributed by atoms with Crippen molar-refractivity contribution in [2.75, 3.05) is 12.4 Å². The fourth-order valence-corrected chi connectivity index (χ4v) is 1.69. The molecule has 0 saturated heterocycles. The first-order valence-corrected chi connectivity index (χ1v) is 5.72. The van der Waals surface area contributed by atoms with Crippen LogP contribution in [0.4, 0.5) is 5.82 Å². The minimum Gasteiger partial charge on any atom is -0.481 e. The molecule has 18 heavy (non-hydrogen) atoms. The highest BCUT2D eigenvalue weighted by Gasteiger charge is 2.07. The third-order valence-corrected chi connectivity index (χ3v) is 2.77. The molecule has 2 aromatic heterocycles. The van der Waals surface area contributed by atoms with Crippen molar-refractivity contribution in [1.82, 2.24) is 15.0 Å². The second-order valence-electron chi connectivity index (χ2n) is 3.98. The SMILES string of the molecule is COc1ncnc(NCc2ncccc2C)c1C. The van der Waals surface area contributed by atoms with Crippen LogP contribution in [0.15, 0.2) is 24.7 Å². The number of nitrogens with zero attached hydrogens (tertiary/aromatic N) is 3. The molecule has 2 rings (SSSR count). The van der Waals surface area contributed by atoms with E-state index in [1.54, 1.807) is 13.3 Å². The lowest BCUT2D eigenvalue weighted by molar-refractivity contribution is 0.393. The number of hydrogen-bond acceptors (Lipinski definition) is 5. The van der Waals surface area contributed by atoms with E-state index in [1.807, 2.05) is 26.0 Å². The van der Waals surface area contributed by atoms with Crippen LogP contribution < -0.4 is 10.1 Å². The van der Waals surface area contributed by atoms with Crippen LogP contribution >= 0.6 is 0 Å². The number of aromatic nitrogens is 3. The fourth-order valence-electron chi connectivity index (χ4n) is 1.69. The number of rotatable bonds is 4. The lowest BCUT2D eigenvalue weighted by Crippen LogP contribution is -2.07. The Morgan fingerprint density at radius 1 is 1.22 bits per heavy atom. The van der Waals surface area contributed by atoms with Gasteiger partial charge in [-0.25, -0.2) is 9.97 Å². The van der Waals surface area contributed by atoms with Crippen LogP contribution in [0.25, 0.3) is 0 Å². The van der Waals surface area contributed by atoms with Gasteiger partial charge in [-0.15, -0.1) is 0 Å². The molecule has 0 saturated carbocycles. The molecule has 0 aliphatic heterocycles. The lowest BCUT2D eigenvalue weighted by Gasteiger charge is -2.11. The number of aryl methyl sites for hydroxylation is 1. The maximum atomic E-state index is 5.15. The highest BCUT2D eigenvalue weighted by atomic mass is 16.5. The van der Waals surface area contributed by atoms with Crippen molar-refractivity contribution in [1.29, 1.82) is 0 Å². The van der Waals surface area contributed by atoms with Gasteiger partial charge in [-0.2, -0.15) is 0 Å². The van der Waals surface area contributed by atoms with Crippen LogP contribution in [0.2, 0.25) is 0 Å². The molecule has 2 heterocycles. The Morgan fingerprint density at radius 2 is 2.06 bits per heavy atom. The second kappa shape index (κ2) is 5.44. The molecular formula is C13H16N4O. The Labute approximate surface area is 106 Å². The Hall–Kier alpha value is -2.17. The Kier molecular flexibility index (Phi) is 3.72. The predicted octanol–water partition coefficient (Wildman–Crippen LogP) is 2.11. The third kappa shape index (κ3) is 2.56. The average Bonchev–Trinajstić information content (AvgIpc) is 2.39. The van der Waals surface area contributed by atoms with Gasteiger partial charge in [-0.3, -0.25) is 4.98 Å². The van der Waals surface area contributed by atoms with E-state index < -0.39 is 0 Å². The molecule has 0 aliphatic rings. The van der Waals surface area contributed by atoms with Gasteiger partial charge in [0.1, 0.15) is 12.1 Å². The number of nitrogens with one attached hydrogen (secondary N) is 1. The molecule has 0 fully saturated rings. The van der Waals surface area contributed by atoms with E-state index in [1.165, 1.54) is 6.33 Å². The first kappa shape index (κ1) is 12.3. The zero-order valence-electron chi connectivity index (χ0n) is 10.8. The van der Waals surface area contributed by atoms with E-state index in [0.29, 0.717) is 12.4 Å². The van der Waals surface area contributed by atoms with E-state index >= 15 is 0 Å². The molecule has 2 aromatic rings. The van der Waals surface area contributed by atoms with Gasteiger partial charge in [0.05, 0.1) is 24.9 Å². The summed E-state index contributed by atoms with van der Waals surface area (Å²) in [6, 6.07) is 3.97. The molecule has 0 spiro atoms. The van der Waals surface area contributed by atoms with Crippen molar-refractivity contribution in [3.05, 3.63) is 41.5 Å². The molecule has 0 aromatic carbocycles. The largest absolute Gasteiger partial charge is 0.481 e. The topological polar surface area (TPSA) is 59.9 Å². The summed E-state index contributed by atoms with van der Waals surface area (Å²) in [7, 11) is 1.60. The third-order valence-electron chi connectivity index (χ3n) is 2.77. The van der Waals surface area contributed by atoms with Crippen LogP contribution in [-0.4, -0.2) is 22.1 Å². The first-order chi connectivity index (χ1) is 8.72. The average molecular weight is 244 g/mol. The van der Waals surface area contributed by atoms with Crippen LogP contribution in [0.3, 0.4) is 0 Å². The predicted molar refractivity (Wildman–Crippen MR) is 69.6 cm³/mol. The maximum absolute atomic E-state index is 5.15. The van der Waals surface area contributed by atoms with Crippen LogP contribution in [0, 0.1) is 13.8 Å². The first-order valence-electron chi connectivity index (χ1n) is 5.72. The molecule has 0 aliphatic carbocycles. The highest BCUT2D eigenvalue weighted by molar-refractivity contribution is 5.47. The quantitative estimate of drug-likeness (QED) is 0.892. The molecule has 0 amide bonds. The highest BCUT2D eigenvalue weighted by Crippen LogP contribution is 2.20. The monoisotopic (exact) mass is 244 g/mol. The summed E-state index contributed by atoms with van der Waals surface area (Å²) in [4.78, 5) is 12.6. The van der Waals surface area contributed by atoms with Gasteiger partial charge in [0.25, 0.3) is 0 Å². The summed E-state index contributed by atoms with van der Waals surface area (Å²) in [5, 5.41) is 3.25. The van der Waals surface area contributed by atoms with Gasteiger partial charge in [-0.1, -0.05) is 6.07 Å². The molecule has 1 N–H and O–H groups in total. The maximum Gasteiger partial charge on any atom is 0.221 e. The van der Waals surface area contributed by atoms with Crippen molar-refractivity contribution >= 4 is 5.82 Å². The molecule has 0 radical (unpaired) electrons. The van der Waals surface area contributed by atoms with Gasteiger partial charge < -0.3 is 10.1 Å². The number of ether oxygens (including phenoxy) is 1. The van der Waals surface area contributed by atoms with Crippen molar-refractivity contribution in [3.8, 4) is 5.88 Å². The van der Waals surface area contributed by atoms with E-state index in [4.69, 9.17) is 4.74 Å². The molecule has 0 unspecified atom stereocenters. The molecule has 94 valence electrons. The van der Waals surface area contributed by atoms with Crippen LogP contribution in [0.5, 0.6) is 5.88 Å². The Balaban J connectivity index is 2.14. The molecule has 5 heteroatoms. The van der Waals surface area contributed by atoms with Crippen molar-refractivity contribution in [2.45, 2.75) is 20.4 Å². The van der Waals surface area contributed by atoms with Crippen molar-refractivity contribution < 1.29 is 4.74 Å². The number of methoxy groups -OCH3 is 1. The van der Waals surface area contributed by atoms with Gasteiger partial charge in [0.15, 0.2) is 0 Å². The molecule has 0 bridgehead atoms. The second-order valence-corrected chi connectivity index (χ2v) is 3.98. The van der Waals surface area contributed by atoms with Gasteiger partial charge >= 0.3 is 0 Å². The van der Waals surface area contributed by atoms with Gasteiger partial charge in [0.2, 0.25) is 5.88 Å². The number of hydrogen-bond donors (Lipinski definition) is 1. The smallest absolute Gasteiger partial charge is 0.221 e. The van der Waals surface area contributed by atoms with E-state index in [-0.39, 0.29) is 0 Å².